The third-order valence-corrected chi connectivity index (χ3v) is 3.46. The molecule has 0 fully saturated rings. The van der Waals surface area contributed by atoms with Crippen molar-refractivity contribution in [1.29, 1.82) is 0 Å². The zero-order chi connectivity index (χ0) is 16.0. The molecule has 0 saturated carbocycles. The van der Waals surface area contributed by atoms with Gasteiger partial charge in [0.2, 0.25) is 0 Å². The summed E-state index contributed by atoms with van der Waals surface area (Å²) in [5, 5.41) is 0. The van der Waals surface area contributed by atoms with Crippen LogP contribution in [0.5, 0.6) is 11.5 Å². The van der Waals surface area contributed by atoms with Gasteiger partial charge in [-0.1, -0.05) is 19.9 Å². The summed E-state index contributed by atoms with van der Waals surface area (Å²) in [4.78, 5) is 11.4. The highest BCUT2D eigenvalue weighted by Crippen LogP contribution is 2.36. The van der Waals surface area contributed by atoms with Crippen molar-refractivity contribution in [2.45, 2.75) is 32.7 Å². The summed E-state index contributed by atoms with van der Waals surface area (Å²) in [6.07, 6.45) is 0.973. The van der Waals surface area contributed by atoms with E-state index in [0.717, 1.165) is 11.3 Å². The molecule has 21 heavy (non-hydrogen) atoms. The Kier molecular flexibility index (Phi) is 6.03. The normalized spacial score (nSPS) is 12.7. The van der Waals surface area contributed by atoms with Crippen LogP contribution in [0.3, 0.4) is 0 Å². The summed E-state index contributed by atoms with van der Waals surface area (Å²) in [5.41, 5.74) is 6.94. The first kappa shape index (κ1) is 17.3. The Balaban J connectivity index is 2.88. The van der Waals surface area contributed by atoms with E-state index in [1.165, 1.54) is 7.11 Å². The minimum atomic E-state index is -0.253. The van der Waals surface area contributed by atoms with Gasteiger partial charge >= 0.3 is 5.97 Å². The molecule has 2 N–H and O–H groups in total. The van der Waals surface area contributed by atoms with E-state index in [0.29, 0.717) is 18.6 Å². The Morgan fingerprint density at radius 2 is 1.90 bits per heavy atom. The summed E-state index contributed by atoms with van der Waals surface area (Å²) in [7, 11) is 4.60. The van der Waals surface area contributed by atoms with E-state index in [4.69, 9.17) is 19.9 Å². The number of hydrogen-bond donors (Lipinski definition) is 1. The number of hydrogen-bond acceptors (Lipinski definition) is 5. The van der Waals surface area contributed by atoms with Crippen LogP contribution >= 0.6 is 0 Å². The highest BCUT2D eigenvalue weighted by atomic mass is 16.5. The van der Waals surface area contributed by atoms with E-state index in [-0.39, 0.29) is 17.4 Å². The lowest BCUT2D eigenvalue weighted by Crippen LogP contribution is -2.25. The molecule has 5 heteroatoms. The predicted molar refractivity (Wildman–Crippen MR) is 81.5 cm³/mol. The topological polar surface area (TPSA) is 70.8 Å². The standard InChI is InChI=1S/C16H25NO4/c1-16(2,10-15(18)21-5)9-13(17)12-7-6-11(19-3)8-14(12)20-4/h6-8,13H,9-10,17H2,1-5H3. The zero-order valence-corrected chi connectivity index (χ0v) is 13.4. The number of nitrogens with two attached hydrogens (primary N) is 1. The van der Waals surface area contributed by atoms with Crippen molar-refractivity contribution in [2.24, 2.45) is 11.1 Å². The Labute approximate surface area is 126 Å². The smallest absolute Gasteiger partial charge is 0.306 e. The molecule has 0 amide bonds. The van der Waals surface area contributed by atoms with Crippen LogP contribution in [-0.4, -0.2) is 27.3 Å². The summed E-state index contributed by atoms with van der Waals surface area (Å²) in [6.45, 7) is 4.00. The fourth-order valence-corrected chi connectivity index (χ4v) is 2.37. The molecule has 0 aliphatic carbocycles. The molecular formula is C16H25NO4. The number of ether oxygens (including phenoxy) is 3. The van der Waals surface area contributed by atoms with Crippen molar-refractivity contribution in [3.8, 4) is 11.5 Å². The van der Waals surface area contributed by atoms with E-state index in [1.807, 2.05) is 32.0 Å². The van der Waals surface area contributed by atoms with Gasteiger partial charge in [0, 0.05) is 17.7 Å². The molecule has 0 aliphatic rings. The molecule has 0 aliphatic heterocycles. The molecular weight excluding hydrogens is 270 g/mol. The average Bonchev–Trinajstić information content (AvgIpc) is 2.45. The summed E-state index contributed by atoms with van der Waals surface area (Å²) < 4.78 is 15.3. The van der Waals surface area contributed by atoms with E-state index in [2.05, 4.69) is 0 Å². The minimum Gasteiger partial charge on any atom is -0.497 e. The number of carbonyl (C=O) groups is 1. The van der Waals surface area contributed by atoms with Crippen LogP contribution < -0.4 is 15.2 Å². The second-order valence-corrected chi connectivity index (χ2v) is 5.84. The summed E-state index contributed by atoms with van der Waals surface area (Å²) in [6, 6.07) is 5.33. The van der Waals surface area contributed by atoms with E-state index >= 15 is 0 Å². The predicted octanol–water partition coefficient (Wildman–Crippen LogP) is 2.68. The molecule has 1 unspecified atom stereocenters. The van der Waals surface area contributed by atoms with Crippen molar-refractivity contribution in [1.82, 2.24) is 0 Å². The van der Waals surface area contributed by atoms with Gasteiger partial charge in [-0.2, -0.15) is 0 Å². The summed E-state index contributed by atoms with van der Waals surface area (Å²) in [5.74, 6) is 1.18. The quantitative estimate of drug-likeness (QED) is 0.783. The molecule has 0 heterocycles. The molecule has 0 aromatic heterocycles. The number of rotatable bonds is 7. The lowest BCUT2D eigenvalue weighted by Gasteiger charge is -2.27. The lowest BCUT2D eigenvalue weighted by molar-refractivity contribution is -0.143. The number of carbonyl (C=O) groups excluding carboxylic acids is 1. The lowest BCUT2D eigenvalue weighted by atomic mass is 9.81. The van der Waals surface area contributed by atoms with E-state index < -0.39 is 0 Å². The van der Waals surface area contributed by atoms with Crippen LogP contribution in [0.2, 0.25) is 0 Å². The van der Waals surface area contributed by atoms with Crippen molar-refractivity contribution >= 4 is 5.97 Å². The molecule has 0 radical (unpaired) electrons. The Morgan fingerprint density at radius 1 is 1.24 bits per heavy atom. The van der Waals surface area contributed by atoms with Crippen LogP contribution in [-0.2, 0) is 9.53 Å². The molecule has 1 atom stereocenters. The summed E-state index contributed by atoms with van der Waals surface area (Å²) >= 11 is 0. The Hall–Kier alpha value is -1.75. The molecule has 1 aromatic carbocycles. The first-order chi connectivity index (χ1) is 9.82. The van der Waals surface area contributed by atoms with Crippen molar-refractivity contribution in [3.63, 3.8) is 0 Å². The fraction of sp³-hybridized carbons (Fsp3) is 0.562. The van der Waals surface area contributed by atoms with E-state index in [1.54, 1.807) is 14.2 Å². The van der Waals surface area contributed by atoms with Gasteiger partial charge in [-0.15, -0.1) is 0 Å². The van der Waals surface area contributed by atoms with Crippen LogP contribution in [0, 0.1) is 5.41 Å². The second-order valence-electron chi connectivity index (χ2n) is 5.84. The number of methoxy groups -OCH3 is 3. The molecule has 0 bridgehead atoms. The number of benzene rings is 1. The van der Waals surface area contributed by atoms with Gasteiger partial charge in [0.25, 0.3) is 0 Å². The van der Waals surface area contributed by atoms with Gasteiger partial charge in [-0.05, 0) is 17.9 Å². The fourth-order valence-electron chi connectivity index (χ4n) is 2.37. The third-order valence-electron chi connectivity index (χ3n) is 3.46. The van der Waals surface area contributed by atoms with Crippen molar-refractivity contribution in [2.75, 3.05) is 21.3 Å². The van der Waals surface area contributed by atoms with Gasteiger partial charge in [0.05, 0.1) is 27.8 Å². The van der Waals surface area contributed by atoms with Gasteiger partial charge in [-0.3, -0.25) is 4.79 Å². The molecule has 5 nitrogen and oxygen atoms in total. The highest BCUT2D eigenvalue weighted by Gasteiger charge is 2.27. The first-order valence-corrected chi connectivity index (χ1v) is 6.87. The third kappa shape index (κ3) is 4.93. The SMILES string of the molecule is COC(=O)CC(C)(C)CC(N)c1ccc(OC)cc1OC. The molecule has 1 rings (SSSR count). The van der Waals surface area contributed by atoms with Crippen molar-refractivity contribution in [3.05, 3.63) is 23.8 Å². The number of esters is 1. The molecule has 0 spiro atoms. The molecule has 0 saturated heterocycles. The Bertz CT molecular complexity index is 485. The molecule has 1 aromatic rings. The van der Waals surface area contributed by atoms with Crippen LogP contribution in [0.15, 0.2) is 18.2 Å². The van der Waals surface area contributed by atoms with Crippen LogP contribution in [0.25, 0.3) is 0 Å². The van der Waals surface area contributed by atoms with Gasteiger partial charge < -0.3 is 19.9 Å². The maximum absolute atomic E-state index is 11.4. The zero-order valence-electron chi connectivity index (χ0n) is 13.4. The maximum atomic E-state index is 11.4. The van der Waals surface area contributed by atoms with E-state index in [9.17, 15) is 4.79 Å². The maximum Gasteiger partial charge on any atom is 0.306 e. The second kappa shape index (κ2) is 7.31. The molecule has 118 valence electrons. The van der Waals surface area contributed by atoms with Crippen LogP contribution in [0.4, 0.5) is 0 Å². The first-order valence-electron chi connectivity index (χ1n) is 6.87. The Morgan fingerprint density at radius 3 is 2.43 bits per heavy atom. The monoisotopic (exact) mass is 295 g/mol. The van der Waals surface area contributed by atoms with Crippen molar-refractivity contribution < 1.29 is 19.0 Å². The van der Waals surface area contributed by atoms with Gasteiger partial charge in [-0.25, -0.2) is 0 Å². The minimum absolute atomic E-state index is 0.228. The largest absolute Gasteiger partial charge is 0.497 e. The highest BCUT2D eigenvalue weighted by molar-refractivity contribution is 5.69. The van der Waals surface area contributed by atoms with Gasteiger partial charge in [0.15, 0.2) is 0 Å². The van der Waals surface area contributed by atoms with Crippen LogP contribution in [0.1, 0.15) is 38.3 Å². The average molecular weight is 295 g/mol. The van der Waals surface area contributed by atoms with Gasteiger partial charge in [0.1, 0.15) is 11.5 Å².